The van der Waals surface area contributed by atoms with Gasteiger partial charge in [0.05, 0.1) is 35.5 Å². The second-order valence-corrected chi connectivity index (χ2v) is 7.75. The lowest BCUT2D eigenvalue weighted by molar-refractivity contribution is -0.115. The molecule has 0 unspecified atom stereocenters. The molecule has 2 aromatic carbocycles. The number of amides is 1. The Morgan fingerprint density at radius 3 is 2.62 bits per heavy atom. The van der Waals surface area contributed by atoms with Crippen LogP contribution in [-0.2, 0) is 11.2 Å². The van der Waals surface area contributed by atoms with Crippen molar-refractivity contribution in [1.29, 1.82) is 0 Å². The Kier molecular flexibility index (Phi) is 4.82. The van der Waals surface area contributed by atoms with E-state index in [1.54, 1.807) is 30.8 Å². The van der Waals surface area contributed by atoms with Gasteiger partial charge in [0.15, 0.2) is 0 Å². The lowest BCUT2D eigenvalue weighted by atomic mass is 9.96. The van der Waals surface area contributed by atoms with E-state index in [-0.39, 0.29) is 12.3 Å². The molecule has 5 rings (SSSR count). The molecule has 0 aliphatic carbocycles. The zero-order valence-corrected chi connectivity index (χ0v) is 17.6. The fourth-order valence-corrected chi connectivity index (χ4v) is 4.12. The number of fused-ring (bicyclic) bond motifs is 3. The molecular weight excluding hydrogens is 404 g/mol. The SMILES string of the molecule is Cc1cc2oc(=O)c(CC(=O)Nc3cccnc3)c(C)c2c2occ(-c3ccccc3)c12. The van der Waals surface area contributed by atoms with Gasteiger partial charge in [-0.15, -0.1) is 0 Å². The molecule has 0 fully saturated rings. The van der Waals surface area contributed by atoms with Crippen LogP contribution in [0, 0.1) is 13.8 Å². The molecule has 3 heterocycles. The number of anilines is 1. The van der Waals surface area contributed by atoms with Gasteiger partial charge >= 0.3 is 5.63 Å². The number of rotatable bonds is 4. The van der Waals surface area contributed by atoms with Crippen molar-refractivity contribution < 1.29 is 13.6 Å². The van der Waals surface area contributed by atoms with Crippen LogP contribution in [0.25, 0.3) is 33.1 Å². The Morgan fingerprint density at radius 2 is 1.88 bits per heavy atom. The Balaban J connectivity index is 1.64. The van der Waals surface area contributed by atoms with Crippen LogP contribution in [0.1, 0.15) is 16.7 Å². The maximum atomic E-state index is 12.7. The van der Waals surface area contributed by atoms with Gasteiger partial charge in [-0.3, -0.25) is 9.78 Å². The highest BCUT2D eigenvalue weighted by atomic mass is 16.4. The zero-order chi connectivity index (χ0) is 22.2. The molecule has 1 N–H and O–H groups in total. The highest BCUT2D eigenvalue weighted by Gasteiger charge is 2.21. The van der Waals surface area contributed by atoms with Gasteiger partial charge in [0.25, 0.3) is 0 Å². The van der Waals surface area contributed by atoms with Crippen LogP contribution in [0.5, 0.6) is 0 Å². The van der Waals surface area contributed by atoms with E-state index >= 15 is 0 Å². The average Bonchev–Trinajstić information content (AvgIpc) is 3.23. The first-order chi connectivity index (χ1) is 15.5. The van der Waals surface area contributed by atoms with E-state index in [1.165, 1.54) is 0 Å². The lowest BCUT2D eigenvalue weighted by Crippen LogP contribution is -2.20. The Bertz CT molecular complexity index is 1520. The molecule has 6 nitrogen and oxygen atoms in total. The van der Waals surface area contributed by atoms with Crippen LogP contribution in [0.15, 0.2) is 80.8 Å². The summed E-state index contributed by atoms with van der Waals surface area (Å²) in [7, 11) is 0. The summed E-state index contributed by atoms with van der Waals surface area (Å²) < 4.78 is 11.6. The van der Waals surface area contributed by atoms with Crippen LogP contribution < -0.4 is 10.9 Å². The summed E-state index contributed by atoms with van der Waals surface area (Å²) in [4.78, 5) is 29.3. The standard InChI is InChI=1S/C26H20N2O4/c1-15-11-21-24(25-23(15)20(14-31-25)17-7-4-3-5-8-17)16(2)19(26(30)32-21)12-22(29)28-18-9-6-10-27-13-18/h3-11,13-14H,12H2,1-2H3,(H,28,29). The number of carbonyl (C=O) groups is 1. The fraction of sp³-hybridized carbons (Fsp3) is 0.115. The van der Waals surface area contributed by atoms with Gasteiger partial charge in [0.2, 0.25) is 5.91 Å². The number of nitrogens with zero attached hydrogens (tertiary/aromatic N) is 1. The van der Waals surface area contributed by atoms with Crippen molar-refractivity contribution in [2.24, 2.45) is 0 Å². The third-order valence-electron chi connectivity index (χ3n) is 5.65. The monoisotopic (exact) mass is 424 g/mol. The molecule has 32 heavy (non-hydrogen) atoms. The molecule has 0 spiro atoms. The van der Waals surface area contributed by atoms with Gasteiger partial charge < -0.3 is 14.2 Å². The van der Waals surface area contributed by atoms with Crippen LogP contribution in [0.4, 0.5) is 5.69 Å². The summed E-state index contributed by atoms with van der Waals surface area (Å²) in [6, 6.07) is 15.3. The summed E-state index contributed by atoms with van der Waals surface area (Å²) in [5, 5.41) is 4.43. The predicted octanol–water partition coefficient (Wildman–Crippen LogP) is 5.40. The summed E-state index contributed by atoms with van der Waals surface area (Å²) in [6.45, 7) is 3.79. The van der Waals surface area contributed by atoms with Crippen LogP contribution in [0.3, 0.4) is 0 Å². The van der Waals surface area contributed by atoms with Gasteiger partial charge in [-0.25, -0.2) is 4.79 Å². The minimum atomic E-state index is -0.523. The highest BCUT2D eigenvalue weighted by molar-refractivity contribution is 6.11. The quantitative estimate of drug-likeness (QED) is 0.391. The Hall–Kier alpha value is -4.19. The number of benzene rings is 2. The maximum Gasteiger partial charge on any atom is 0.340 e. The van der Waals surface area contributed by atoms with E-state index in [4.69, 9.17) is 8.83 Å². The van der Waals surface area contributed by atoms with E-state index < -0.39 is 5.63 Å². The first-order valence-electron chi connectivity index (χ1n) is 10.3. The normalized spacial score (nSPS) is 11.2. The number of hydrogen-bond acceptors (Lipinski definition) is 5. The number of pyridine rings is 1. The number of carbonyl (C=O) groups excluding carboxylic acids is 1. The Morgan fingerprint density at radius 1 is 1.06 bits per heavy atom. The molecule has 0 bridgehead atoms. The van der Waals surface area contributed by atoms with Gasteiger partial charge in [-0.2, -0.15) is 0 Å². The van der Waals surface area contributed by atoms with Crippen LogP contribution in [0.2, 0.25) is 0 Å². The minimum absolute atomic E-state index is 0.110. The molecule has 1 amide bonds. The molecule has 0 aliphatic heterocycles. The lowest BCUT2D eigenvalue weighted by Gasteiger charge is -2.10. The van der Waals surface area contributed by atoms with Crippen molar-refractivity contribution in [3.05, 3.63) is 94.3 Å². The number of furan rings is 1. The number of hydrogen-bond donors (Lipinski definition) is 1. The number of nitrogens with one attached hydrogen (secondary N) is 1. The van der Waals surface area contributed by atoms with Crippen molar-refractivity contribution in [2.45, 2.75) is 20.3 Å². The summed E-state index contributed by atoms with van der Waals surface area (Å²) in [5.41, 5.74) is 5.09. The molecule has 0 atom stereocenters. The molecule has 0 aliphatic rings. The van der Waals surface area contributed by atoms with Crippen molar-refractivity contribution in [2.75, 3.05) is 5.32 Å². The number of aryl methyl sites for hydroxylation is 2. The van der Waals surface area contributed by atoms with E-state index in [1.807, 2.05) is 50.2 Å². The average molecular weight is 424 g/mol. The maximum absolute atomic E-state index is 12.7. The third kappa shape index (κ3) is 3.36. The summed E-state index contributed by atoms with van der Waals surface area (Å²) >= 11 is 0. The molecule has 0 radical (unpaired) electrons. The van der Waals surface area contributed by atoms with E-state index in [0.717, 1.165) is 22.1 Å². The minimum Gasteiger partial charge on any atom is -0.463 e. The molecule has 3 aromatic heterocycles. The van der Waals surface area contributed by atoms with Crippen molar-refractivity contribution in [1.82, 2.24) is 4.98 Å². The van der Waals surface area contributed by atoms with Crippen LogP contribution >= 0.6 is 0 Å². The third-order valence-corrected chi connectivity index (χ3v) is 5.65. The van der Waals surface area contributed by atoms with Crippen LogP contribution in [-0.4, -0.2) is 10.9 Å². The summed E-state index contributed by atoms with van der Waals surface area (Å²) in [5.74, 6) is -0.319. The number of aromatic nitrogens is 1. The summed E-state index contributed by atoms with van der Waals surface area (Å²) in [6.07, 6.45) is 4.79. The molecule has 158 valence electrons. The molecule has 5 aromatic rings. The molecule has 0 saturated carbocycles. The second-order valence-electron chi connectivity index (χ2n) is 7.75. The molecular formula is C26H20N2O4. The van der Waals surface area contributed by atoms with Crippen molar-refractivity contribution in [3.8, 4) is 11.1 Å². The fourth-order valence-electron chi connectivity index (χ4n) is 4.12. The zero-order valence-electron chi connectivity index (χ0n) is 17.6. The first-order valence-corrected chi connectivity index (χ1v) is 10.3. The van der Waals surface area contributed by atoms with Gasteiger partial charge in [0, 0.05) is 17.1 Å². The van der Waals surface area contributed by atoms with Gasteiger partial charge in [-0.05, 0) is 48.7 Å². The molecule has 6 heteroatoms. The highest BCUT2D eigenvalue weighted by Crippen LogP contribution is 2.38. The van der Waals surface area contributed by atoms with E-state index in [0.29, 0.717) is 33.4 Å². The topological polar surface area (TPSA) is 85.3 Å². The first kappa shape index (κ1) is 19.8. The van der Waals surface area contributed by atoms with Crippen molar-refractivity contribution >= 4 is 33.5 Å². The predicted molar refractivity (Wildman–Crippen MR) is 124 cm³/mol. The largest absolute Gasteiger partial charge is 0.463 e. The smallest absolute Gasteiger partial charge is 0.340 e. The van der Waals surface area contributed by atoms with E-state index in [2.05, 4.69) is 10.3 Å². The second kappa shape index (κ2) is 7.81. The van der Waals surface area contributed by atoms with Crippen molar-refractivity contribution in [3.63, 3.8) is 0 Å². The Labute approximate surface area is 183 Å². The van der Waals surface area contributed by atoms with Gasteiger partial charge in [0.1, 0.15) is 11.2 Å². The van der Waals surface area contributed by atoms with E-state index in [9.17, 15) is 9.59 Å². The van der Waals surface area contributed by atoms with Gasteiger partial charge in [-0.1, -0.05) is 30.3 Å². The molecule has 0 saturated heterocycles.